The molecule has 2 aromatic rings. The summed E-state index contributed by atoms with van der Waals surface area (Å²) in [5, 5.41) is 14.7. The summed E-state index contributed by atoms with van der Waals surface area (Å²) in [6.45, 7) is 4.06. The number of unbranched alkanes of at least 4 members (excludes halogenated alkanes) is 2. The lowest BCUT2D eigenvalue weighted by Gasteiger charge is -2.08. The molecule has 3 N–H and O–H groups in total. The second kappa shape index (κ2) is 17.0. The number of benzene rings is 2. The molecular weight excluding hydrogens is 458 g/mol. The summed E-state index contributed by atoms with van der Waals surface area (Å²) in [4.78, 5) is 40.2. The summed E-state index contributed by atoms with van der Waals surface area (Å²) in [6.07, 6.45) is 4.93. The predicted molar refractivity (Wildman–Crippen MR) is 140 cm³/mol. The molecule has 0 fully saturated rings. The monoisotopic (exact) mass is 495 g/mol. The van der Waals surface area contributed by atoms with Gasteiger partial charge in [-0.25, -0.2) is 0 Å². The third-order valence-electron chi connectivity index (χ3n) is 5.44. The van der Waals surface area contributed by atoms with Crippen molar-refractivity contribution in [1.82, 2.24) is 10.6 Å². The van der Waals surface area contributed by atoms with Crippen molar-refractivity contribution in [3.63, 3.8) is 0 Å². The highest BCUT2D eigenvalue weighted by atomic mass is 16.5. The van der Waals surface area contributed by atoms with Crippen molar-refractivity contribution >= 4 is 23.8 Å². The highest BCUT2D eigenvalue weighted by molar-refractivity contribution is 5.94. The summed E-state index contributed by atoms with van der Waals surface area (Å²) in [5.41, 5.74) is 2.33. The van der Waals surface area contributed by atoms with Crippen molar-refractivity contribution in [2.75, 3.05) is 26.2 Å². The topological polar surface area (TPSA) is 117 Å². The van der Waals surface area contributed by atoms with Gasteiger partial charge in [0.25, 0.3) is 5.91 Å². The van der Waals surface area contributed by atoms with Crippen molar-refractivity contribution in [1.29, 1.82) is 0 Å². The van der Waals surface area contributed by atoms with Crippen molar-refractivity contribution < 1.29 is 24.2 Å². The van der Waals surface area contributed by atoms with Crippen LogP contribution in [0.25, 0.3) is 0 Å². The normalized spacial score (nSPS) is 10.8. The third-order valence-corrected chi connectivity index (χ3v) is 5.44. The van der Waals surface area contributed by atoms with Crippen molar-refractivity contribution in [2.24, 2.45) is 4.99 Å². The Morgan fingerprint density at radius 1 is 0.889 bits per heavy atom. The Balaban J connectivity index is 1.46. The highest BCUT2D eigenvalue weighted by Gasteiger charge is 2.08. The first-order valence-corrected chi connectivity index (χ1v) is 12.5. The fraction of sp³-hybridized carbons (Fsp3) is 0.429. The van der Waals surface area contributed by atoms with E-state index < -0.39 is 0 Å². The molecule has 0 aromatic heterocycles. The number of carbonyl (C=O) groups is 3. The molecule has 0 aliphatic rings. The summed E-state index contributed by atoms with van der Waals surface area (Å²) in [7, 11) is 0. The van der Waals surface area contributed by atoms with E-state index in [1.54, 1.807) is 30.5 Å². The van der Waals surface area contributed by atoms with Gasteiger partial charge in [-0.15, -0.1) is 0 Å². The number of hydrogen-bond acceptors (Lipinski definition) is 6. The van der Waals surface area contributed by atoms with Crippen LogP contribution in [-0.2, 0) is 16.2 Å². The molecular formula is C28H37N3O5. The minimum Gasteiger partial charge on any atom is -0.493 e. The number of hydrogen-bond donors (Lipinski definition) is 3. The minimum atomic E-state index is -0.141. The van der Waals surface area contributed by atoms with E-state index in [9.17, 15) is 14.4 Å². The van der Waals surface area contributed by atoms with Crippen LogP contribution in [0.3, 0.4) is 0 Å². The maximum atomic E-state index is 12.1. The predicted octanol–water partition coefficient (Wildman–Crippen LogP) is 3.45. The molecule has 0 saturated heterocycles. The minimum absolute atomic E-state index is 0.00130. The van der Waals surface area contributed by atoms with E-state index in [0.717, 1.165) is 36.9 Å². The van der Waals surface area contributed by atoms with E-state index in [-0.39, 0.29) is 50.1 Å². The zero-order valence-electron chi connectivity index (χ0n) is 21.0. The standard InChI is InChI=1S/C28H37N3O5/c1-2-29-20-22-8-13-26(14-9-22)36-19-16-25(33)12-15-27(34)30-17-4-3-5-18-31-28(35)24-10-6-23(21-32)7-11-24/h6-11,13-14,20,32H,2-5,12,15-19,21H2,1H3,(H,30,34)(H,31,35). The van der Waals surface area contributed by atoms with Crippen molar-refractivity contribution in [2.45, 2.75) is 52.1 Å². The van der Waals surface area contributed by atoms with Crippen LogP contribution in [0.4, 0.5) is 0 Å². The van der Waals surface area contributed by atoms with Crippen molar-refractivity contribution in [3.8, 4) is 5.75 Å². The maximum Gasteiger partial charge on any atom is 0.251 e. The molecule has 0 aliphatic carbocycles. The fourth-order valence-electron chi connectivity index (χ4n) is 3.32. The average Bonchev–Trinajstić information content (AvgIpc) is 2.90. The van der Waals surface area contributed by atoms with Crippen LogP contribution in [0.1, 0.15) is 66.9 Å². The summed E-state index contributed by atoms with van der Waals surface area (Å²) >= 11 is 0. The van der Waals surface area contributed by atoms with E-state index >= 15 is 0 Å². The Kier molecular flexibility index (Phi) is 13.6. The molecule has 2 amide bonds. The zero-order chi connectivity index (χ0) is 26.0. The Labute approximate surface area is 213 Å². The number of rotatable bonds is 17. The molecule has 36 heavy (non-hydrogen) atoms. The number of amides is 2. The Morgan fingerprint density at radius 3 is 2.25 bits per heavy atom. The SMILES string of the molecule is CCN=Cc1ccc(OCCC(=O)CCC(=O)NCCCCCNC(=O)c2ccc(CO)cc2)cc1. The van der Waals surface area contributed by atoms with E-state index in [1.807, 2.05) is 31.2 Å². The van der Waals surface area contributed by atoms with E-state index in [0.29, 0.717) is 24.4 Å². The molecule has 194 valence electrons. The number of aliphatic hydroxyl groups excluding tert-OH is 1. The van der Waals surface area contributed by atoms with Crippen LogP contribution in [0.15, 0.2) is 53.5 Å². The quantitative estimate of drug-likeness (QED) is 0.230. The second-order valence-electron chi connectivity index (χ2n) is 8.36. The number of carbonyl (C=O) groups excluding carboxylic acids is 3. The number of nitrogens with zero attached hydrogens (tertiary/aromatic N) is 1. The molecule has 8 heteroatoms. The Morgan fingerprint density at radius 2 is 1.58 bits per heavy atom. The summed E-state index contributed by atoms with van der Waals surface area (Å²) < 4.78 is 5.60. The van der Waals surface area contributed by atoms with Crippen LogP contribution in [0.5, 0.6) is 5.75 Å². The molecule has 2 rings (SSSR count). The van der Waals surface area contributed by atoms with Crippen molar-refractivity contribution in [3.05, 3.63) is 65.2 Å². The molecule has 0 atom stereocenters. The van der Waals surface area contributed by atoms with E-state index in [4.69, 9.17) is 9.84 Å². The smallest absolute Gasteiger partial charge is 0.251 e. The van der Waals surface area contributed by atoms with Gasteiger partial charge in [0.2, 0.25) is 5.91 Å². The molecule has 2 aromatic carbocycles. The molecule has 8 nitrogen and oxygen atoms in total. The zero-order valence-corrected chi connectivity index (χ0v) is 21.0. The van der Waals surface area contributed by atoms with Crippen LogP contribution >= 0.6 is 0 Å². The third kappa shape index (κ3) is 11.8. The average molecular weight is 496 g/mol. The van der Waals surface area contributed by atoms with Gasteiger partial charge in [0.15, 0.2) is 0 Å². The van der Waals surface area contributed by atoms with E-state index in [2.05, 4.69) is 15.6 Å². The molecule has 0 unspecified atom stereocenters. The molecule has 0 radical (unpaired) electrons. The van der Waals surface area contributed by atoms with Gasteiger partial charge in [-0.2, -0.15) is 0 Å². The molecule has 0 bridgehead atoms. The highest BCUT2D eigenvalue weighted by Crippen LogP contribution is 2.12. The first-order chi connectivity index (χ1) is 17.5. The lowest BCUT2D eigenvalue weighted by molar-refractivity contribution is -0.125. The molecule has 0 spiro atoms. The Bertz CT molecular complexity index is 972. The van der Waals surface area contributed by atoms with Crippen LogP contribution in [-0.4, -0.2) is 55.2 Å². The van der Waals surface area contributed by atoms with Gasteiger partial charge >= 0.3 is 0 Å². The molecule has 0 saturated carbocycles. The number of ether oxygens (including phenoxy) is 1. The first kappa shape index (κ1) is 28.7. The number of Topliss-reactive ketones (excluding diaryl/α,β-unsaturated/α-hetero) is 1. The molecule has 0 heterocycles. The lowest BCUT2D eigenvalue weighted by Crippen LogP contribution is -2.26. The van der Waals surface area contributed by atoms with Gasteiger partial charge < -0.3 is 20.5 Å². The van der Waals surface area contributed by atoms with Gasteiger partial charge in [-0.3, -0.25) is 19.4 Å². The van der Waals surface area contributed by atoms with E-state index in [1.165, 1.54) is 0 Å². The van der Waals surface area contributed by atoms with Gasteiger partial charge in [-0.1, -0.05) is 12.1 Å². The van der Waals surface area contributed by atoms with Gasteiger partial charge in [-0.05, 0) is 73.7 Å². The van der Waals surface area contributed by atoms with Gasteiger partial charge in [0, 0.05) is 50.7 Å². The largest absolute Gasteiger partial charge is 0.493 e. The maximum absolute atomic E-state index is 12.1. The lowest BCUT2D eigenvalue weighted by atomic mass is 10.1. The summed E-state index contributed by atoms with van der Waals surface area (Å²) in [6, 6.07) is 14.4. The van der Waals surface area contributed by atoms with Gasteiger partial charge in [0.05, 0.1) is 13.2 Å². The fourth-order valence-corrected chi connectivity index (χ4v) is 3.32. The van der Waals surface area contributed by atoms with Crippen LogP contribution in [0.2, 0.25) is 0 Å². The summed E-state index contributed by atoms with van der Waals surface area (Å²) in [5.74, 6) is 0.426. The molecule has 0 aliphatic heterocycles. The van der Waals surface area contributed by atoms with Gasteiger partial charge in [0.1, 0.15) is 11.5 Å². The number of aliphatic hydroxyl groups is 1. The Hall–Kier alpha value is -3.52. The first-order valence-electron chi connectivity index (χ1n) is 12.5. The van der Waals surface area contributed by atoms with Crippen LogP contribution < -0.4 is 15.4 Å². The number of aliphatic imine (C=N–C) groups is 1. The second-order valence-corrected chi connectivity index (χ2v) is 8.36. The van der Waals surface area contributed by atoms with Crippen LogP contribution in [0, 0.1) is 0 Å². The number of nitrogens with one attached hydrogen (secondary N) is 2. The number of ketones is 1.